The van der Waals surface area contributed by atoms with E-state index in [0.29, 0.717) is 25.8 Å². The van der Waals surface area contributed by atoms with Crippen molar-refractivity contribution < 1.29 is 14.7 Å². The number of carboxylic acid groups (broad SMARTS) is 1. The zero-order chi connectivity index (χ0) is 14.1. The minimum absolute atomic E-state index is 0.0846. The zero-order valence-electron chi connectivity index (χ0n) is 11.3. The first kappa shape index (κ1) is 15.2. The first-order valence-electron chi connectivity index (χ1n) is 6.59. The fraction of sp³-hybridized carbons (Fsp3) is 0.467. The predicted octanol–water partition coefficient (Wildman–Crippen LogP) is 2.33. The summed E-state index contributed by atoms with van der Waals surface area (Å²) in [5.41, 5.74) is 1.22. The molecule has 0 saturated heterocycles. The molecule has 0 aliphatic heterocycles. The lowest BCUT2D eigenvalue weighted by molar-refractivity contribution is -0.137. The lowest BCUT2D eigenvalue weighted by Crippen LogP contribution is -2.28. The highest BCUT2D eigenvalue weighted by Gasteiger charge is 2.08. The van der Waals surface area contributed by atoms with Crippen LogP contribution in [0, 0.1) is 0 Å². The molecular formula is C15H21NO3. The maximum atomic E-state index is 11.8. The number of benzene rings is 1. The van der Waals surface area contributed by atoms with Crippen molar-refractivity contribution in [3.05, 3.63) is 35.9 Å². The topological polar surface area (TPSA) is 57.6 Å². The summed E-state index contributed by atoms with van der Waals surface area (Å²) in [7, 11) is 1.79. The fourth-order valence-electron chi connectivity index (χ4n) is 1.81. The van der Waals surface area contributed by atoms with Gasteiger partial charge in [0.1, 0.15) is 0 Å². The molecule has 4 heteroatoms. The highest BCUT2D eigenvalue weighted by atomic mass is 16.4. The van der Waals surface area contributed by atoms with Crippen molar-refractivity contribution in [3.8, 4) is 0 Å². The van der Waals surface area contributed by atoms with Crippen molar-refractivity contribution in [2.24, 2.45) is 0 Å². The Hall–Kier alpha value is -1.84. The summed E-state index contributed by atoms with van der Waals surface area (Å²) in [6.07, 6.45) is 2.62. The molecule has 0 radical (unpaired) electrons. The number of likely N-dealkylation sites (N-methyl/N-ethyl adjacent to an activating group) is 1. The Morgan fingerprint density at radius 1 is 1.11 bits per heavy atom. The minimum Gasteiger partial charge on any atom is -0.481 e. The Morgan fingerprint density at radius 3 is 2.37 bits per heavy atom. The van der Waals surface area contributed by atoms with Crippen LogP contribution in [0.5, 0.6) is 0 Å². The molecule has 0 unspecified atom stereocenters. The van der Waals surface area contributed by atoms with Gasteiger partial charge in [0.25, 0.3) is 0 Å². The summed E-state index contributed by atoms with van der Waals surface area (Å²) in [5, 5.41) is 8.50. The smallest absolute Gasteiger partial charge is 0.303 e. The number of hydrogen-bond acceptors (Lipinski definition) is 2. The summed E-state index contributed by atoms with van der Waals surface area (Å²) in [5.74, 6) is -0.716. The Kier molecular flexibility index (Phi) is 6.64. The maximum Gasteiger partial charge on any atom is 0.303 e. The van der Waals surface area contributed by atoms with E-state index < -0.39 is 5.97 Å². The lowest BCUT2D eigenvalue weighted by atomic mass is 10.1. The number of carboxylic acids is 1. The van der Waals surface area contributed by atoms with E-state index >= 15 is 0 Å². The number of rotatable bonds is 8. The van der Waals surface area contributed by atoms with Gasteiger partial charge < -0.3 is 10.0 Å². The van der Waals surface area contributed by atoms with E-state index in [2.05, 4.69) is 0 Å². The Balaban J connectivity index is 2.20. The lowest BCUT2D eigenvalue weighted by Gasteiger charge is -2.17. The summed E-state index contributed by atoms with van der Waals surface area (Å²) in [6.45, 7) is 0.696. The van der Waals surface area contributed by atoms with Crippen LogP contribution in [0.15, 0.2) is 30.3 Å². The Morgan fingerprint density at radius 2 is 1.74 bits per heavy atom. The van der Waals surface area contributed by atoms with Crippen molar-refractivity contribution in [1.82, 2.24) is 4.90 Å². The van der Waals surface area contributed by atoms with Crippen LogP contribution in [0.1, 0.15) is 31.2 Å². The molecule has 1 N–H and O–H groups in total. The molecule has 0 aliphatic carbocycles. The molecule has 1 rings (SSSR count). The fourth-order valence-corrected chi connectivity index (χ4v) is 1.81. The van der Waals surface area contributed by atoms with Crippen LogP contribution in [-0.2, 0) is 16.0 Å². The van der Waals surface area contributed by atoms with Crippen molar-refractivity contribution in [1.29, 1.82) is 0 Å². The molecule has 4 nitrogen and oxygen atoms in total. The summed E-state index contributed by atoms with van der Waals surface area (Å²) in [6, 6.07) is 10.0. The normalized spacial score (nSPS) is 10.2. The summed E-state index contributed by atoms with van der Waals surface area (Å²) >= 11 is 0. The molecule has 1 amide bonds. The Bertz CT molecular complexity index is 403. The second-order valence-corrected chi connectivity index (χ2v) is 4.65. The van der Waals surface area contributed by atoms with Gasteiger partial charge in [-0.3, -0.25) is 9.59 Å². The van der Waals surface area contributed by atoms with Gasteiger partial charge >= 0.3 is 5.97 Å². The number of nitrogens with zero attached hydrogens (tertiary/aromatic N) is 1. The number of unbranched alkanes of at least 4 members (excludes halogenated alkanes) is 1. The molecule has 1 aromatic carbocycles. The highest BCUT2D eigenvalue weighted by Crippen LogP contribution is 2.05. The van der Waals surface area contributed by atoms with E-state index in [1.165, 1.54) is 5.56 Å². The average Bonchev–Trinajstić information content (AvgIpc) is 2.41. The number of aliphatic carboxylic acids is 1. The van der Waals surface area contributed by atoms with Crippen LogP contribution in [-0.4, -0.2) is 35.5 Å². The molecule has 0 fully saturated rings. The van der Waals surface area contributed by atoms with Gasteiger partial charge in [0.2, 0.25) is 5.91 Å². The number of carbonyl (C=O) groups is 2. The molecule has 0 spiro atoms. The van der Waals surface area contributed by atoms with E-state index in [1.807, 2.05) is 30.3 Å². The van der Waals surface area contributed by atoms with Gasteiger partial charge in [0, 0.05) is 26.4 Å². The third-order valence-electron chi connectivity index (χ3n) is 3.04. The first-order chi connectivity index (χ1) is 9.09. The summed E-state index contributed by atoms with van der Waals surface area (Å²) < 4.78 is 0. The van der Waals surface area contributed by atoms with Crippen LogP contribution in [0.25, 0.3) is 0 Å². The monoisotopic (exact) mass is 263 g/mol. The molecule has 0 saturated carbocycles. The van der Waals surface area contributed by atoms with Gasteiger partial charge in [-0.1, -0.05) is 30.3 Å². The van der Waals surface area contributed by atoms with Crippen LogP contribution < -0.4 is 0 Å². The van der Waals surface area contributed by atoms with Crippen molar-refractivity contribution in [2.75, 3.05) is 13.6 Å². The van der Waals surface area contributed by atoms with Gasteiger partial charge in [0.05, 0.1) is 0 Å². The molecule has 19 heavy (non-hydrogen) atoms. The second-order valence-electron chi connectivity index (χ2n) is 4.65. The van der Waals surface area contributed by atoms with Gasteiger partial charge in [-0.25, -0.2) is 0 Å². The highest BCUT2D eigenvalue weighted by molar-refractivity contribution is 5.75. The Labute approximate surface area is 114 Å². The average molecular weight is 263 g/mol. The minimum atomic E-state index is -0.801. The molecule has 0 aromatic heterocycles. The molecule has 0 aliphatic rings. The number of hydrogen-bond donors (Lipinski definition) is 1. The molecule has 0 atom stereocenters. The maximum absolute atomic E-state index is 11.8. The molecule has 0 heterocycles. The molecule has 1 aromatic rings. The van der Waals surface area contributed by atoms with E-state index in [-0.39, 0.29) is 12.3 Å². The van der Waals surface area contributed by atoms with E-state index in [9.17, 15) is 9.59 Å². The van der Waals surface area contributed by atoms with E-state index in [1.54, 1.807) is 11.9 Å². The predicted molar refractivity (Wildman–Crippen MR) is 73.9 cm³/mol. The van der Waals surface area contributed by atoms with Crippen LogP contribution in [0.3, 0.4) is 0 Å². The van der Waals surface area contributed by atoms with Gasteiger partial charge in [-0.2, -0.15) is 0 Å². The van der Waals surface area contributed by atoms with Crippen LogP contribution >= 0.6 is 0 Å². The van der Waals surface area contributed by atoms with Crippen LogP contribution in [0.2, 0.25) is 0 Å². The van der Waals surface area contributed by atoms with Gasteiger partial charge in [-0.15, -0.1) is 0 Å². The second kappa shape index (κ2) is 8.29. The van der Waals surface area contributed by atoms with E-state index in [0.717, 1.165) is 6.42 Å². The first-order valence-corrected chi connectivity index (χ1v) is 6.59. The zero-order valence-corrected chi connectivity index (χ0v) is 11.3. The van der Waals surface area contributed by atoms with Gasteiger partial charge in [0.15, 0.2) is 0 Å². The quantitative estimate of drug-likeness (QED) is 0.732. The van der Waals surface area contributed by atoms with Crippen LogP contribution in [0.4, 0.5) is 0 Å². The van der Waals surface area contributed by atoms with E-state index in [4.69, 9.17) is 5.11 Å². The third kappa shape index (κ3) is 6.60. The summed E-state index contributed by atoms with van der Waals surface area (Å²) in [4.78, 5) is 23.8. The molecule has 0 bridgehead atoms. The largest absolute Gasteiger partial charge is 0.481 e. The molecule has 104 valence electrons. The van der Waals surface area contributed by atoms with Crippen molar-refractivity contribution >= 4 is 11.9 Å². The molecular weight excluding hydrogens is 242 g/mol. The van der Waals surface area contributed by atoms with Gasteiger partial charge in [-0.05, 0) is 24.8 Å². The number of carbonyl (C=O) groups excluding carboxylic acids is 1. The van der Waals surface area contributed by atoms with Crippen molar-refractivity contribution in [2.45, 2.75) is 32.1 Å². The van der Waals surface area contributed by atoms with Crippen molar-refractivity contribution in [3.63, 3.8) is 0 Å². The third-order valence-corrected chi connectivity index (χ3v) is 3.04. The standard InChI is InChI=1S/C15H21NO3/c1-16(12-11-13-7-3-2-4-8-13)14(17)9-5-6-10-15(18)19/h2-4,7-8H,5-6,9-12H2,1H3,(H,18,19). The number of amides is 1. The SMILES string of the molecule is CN(CCc1ccccc1)C(=O)CCCCC(=O)O.